The molecule has 0 spiro atoms. The molecule has 1 aliphatic heterocycles. The van der Waals surface area contributed by atoms with Gasteiger partial charge in [0, 0.05) is 36.8 Å². The van der Waals surface area contributed by atoms with Gasteiger partial charge in [0.25, 0.3) is 0 Å². The molecule has 0 unspecified atom stereocenters. The van der Waals surface area contributed by atoms with Crippen LogP contribution in [0.4, 0.5) is 5.69 Å². The second-order valence-corrected chi connectivity index (χ2v) is 7.82. The van der Waals surface area contributed by atoms with Crippen molar-refractivity contribution in [2.24, 2.45) is 5.41 Å². The van der Waals surface area contributed by atoms with E-state index < -0.39 is 0 Å². The average Bonchev–Trinajstić information content (AvgIpc) is 2.48. The van der Waals surface area contributed by atoms with Crippen LogP contribution in [0.25, 0.3) is 0 Å². The van der Waals surface area contributed by atoms with Gasteiger partial charge in [0.05, 0.1) is 0 Å². The highest BCUT2D eigenvalue weighted by Crippen LogP contribution is 2.22. The van der Waals surface area contributed by atoms with Crippen LogP contribution >= 0.6 is 0 Å². The molecule has 1 aromatic carbocycles. The third-order valence-electron chi connectivity index (χ3n) is 4.53. The zero-order chi connectivity index (χ0) is 16.2. The van der Waals surface area contributed by atoms with Crippen molar-refractivity contribution in [3.8, 4) is 0 Å². The largest absolute Gasteiger partial charge is 0.396 e. The minimum Gasteiger partial charge on any atom is -0.396 e. The number of hydrogen-bond acceptors (Lipinski definition) is 3. The van der Waals surface area contributed by atoms with Crippen molar-refractivity contribution >= 4 is 5.69 Å². The van der Waals surface area contributed by atoms with Gasteiger partial charge in [-0.05, 0) is 43.0 Å². The predicted molar refractivity (Wildman–Crippen MR) is 94.5 cm³/mol. The summed E-state index contributed by atoms with van der Waals surface area (Å²) in [4.78, 5) is 2.49. The molecule has 0 aromatic heterocycles. The van der Waals surface area contributed by atoms with Gasteiger partial charge in [-0.25, -0.2) is 0 Å². The second kappa shape index (κ2) is 7.47. The molecule has 2 rings (SSSR count). The van der Waals surface area contributed by atoms with Crippen LogP contribution in [0.15, 0.2) is 24.3 Å². The number of nitrogens with zero attached hydrogens (tertiary/aromatic N) is 1. The highest BCUT2D eigenvalue weighted by molar-refractivity contribution is 5.46. The van der Waals surface area contributed by atoms with Crippen molar-refractivity contribution in [2.45, 2.75) is 52.5 Å². The Bertz CT molecular complexity index is 453. The van der Waals surface area contributed by atoms with Crippen molar-refractivity contribution in [1.82, 2.24) is 4.90 Å². The number of rotatable bonds is 6. The van der Waals surface area contributed by atoms with E-state index in [4.69, 9.17) is 0 Å². The molecule has 1 saturated heterocycles. The van der Waals surface area contributed by atoms with E-state index in [9.17, 15) is 5.11 Å². The molecule has 1 atom stereocenters. The zero-order valence-electron chi connectivity index (χ0n) is 14.6. The molecule has 2 N–H and O–H groups in total. The van der Waals surface area contributed by atoms with E-state index in [1.165, 1.54) is 24.1 Å². The van der Waals surface area contributed by atoms with Gasteiger partial charge >= 0.3 is 0 Å². The molecule has 0 aliphatic carbocycles. The number of aliphatic hydroxyl groups excluding tert-OH is 1. The van der Waals surface area contributed by atoms with Gasteiger partial charge in [-0.1, -0.05) is 39.8 Å². The molecule has 0 bridgehead atoms. The normalized spacial score (nSPS) is 20.4. The minimum atomic E-state index is -0.0131. The van der Waals surface area contributed by atoms with Crippen molar-refractivity contribution in [3.05, 3.63) is 29.8 Å². The summed E-state index contributed by atoms with van der Waals surface area (Å²) in [6.07, 6.45) is 2.45. The Hall–Kier alpha value is -1.06. The number of aliphatic hydroxyl groups is 1. The van der Waals surface area contributed by atoms with Gasteiger partial charge in [0.1, 0.15) is 0 Å². The third-order valence-corrected chi connectivity index (χ3v) is 4.53. The van der Waals surface area contributed by atoms with E-state index in [-0.39, 0.29) is 12.0 Å². The molecule has 22 heavy (non-hydrogen) atoms. The smallest absolute Gasteiger partial charge is 0.0494 e. The molecule has 1 aromatic rings. The highest BCUT2D eigenvalue weighted by atomic mass is 16.3. The summed E-state index contributed by atoms with van der Waals surface area (Å²) in [6.45, 7) is 12.1. The van der Waals surface area contributed by atoms with Crippen molar-refractivity contribution in [1.29, 1.82) is 0 Å². The van der Waals surface area contributed by atoms with Crippen LogP contribution in [0.1, 0.15) is 52.0 Å². The Morgan fingerprint density at radius 2 is 1.95 bits per heavy atom. The fourth-order valence-electron chi connectivity index (χ4n) is 3.17. The zero-order valence-corrected chi connectivity index (χ0v) is 14.6. The van der Waals surface area contributed by atoms with Crippen LogP contribution in [0.5, 0.6) is 0 Å². The Labute approximate surface area is 135 Å². The number of hydrogen-bond donors (Lipinski definition) is 2. The maximum Gasteiger partial charge on any atom is 0.0494 e. The summed E-state index contributed by atoms with van der Waals surface area (Å²) >= 11 is 0. The molecule has 1 aliphatic rings. The van der Waals surface area contributed by atoms with E-state index in [1.54, 1.807) is 0 Å². The lowest BCUT2D eigenvalue weighted by atomic mass is 9.92. The van der Waals surface area contributed by atoms with Crippen LogP contribution in [0.2, 0.25) is 0 Å². The molecule has 3 nitrogen and oxygen atoms in total. The number of piperidine rings is 1. The molecular formula is C19H32N2O. The van der Waals surface area contributed by atoms with Crippen LogP contribution in [-0.2, 0) is 0 Å². The lowest BCUT2D eigenvalue weighted by Gasteiger charge is -2.37. The molecule has 124 valence electrons. The first-order valence-electron chi connectivity index (χ1n) is 8.59. The van der Waals surface area contributed by atoms with Gasteiger partial charge < -0.3 is 15.3 Å². The van der Waals surface area contributed by atoms with Gasteiger partial charge in [-0.3, -0.25) is 0 Å². The first-order valence-corrected chi connectivity index (χ1v) is 8.59. The van der Waals surface area contributed by atoms with Gasteiger partial charge in [0.2, 0.25) is 0 Å². The molecule has 1 fully saturated rings. The summed E-state index contributed by atoms with van der Waals surface area (Å²) in [5.74, 6) is 0.583. The van der Waals surface area contributed by atoms with Crippen molar-refractivity contribution in [3.63, 3.8) is 0 Å². The maximum atomic E-state index is 9.45. The minimum absolute atomic E-state index is 0.0131. The van der Waals surface area contributed by atoms with E-state index in [0.717, 1.165) is 19.6 Å². The maximum absolute atomic E-state index is 9.45. The second-order valence-electron chi connectivity index (χ2n) is 7.82. The predicted octanol–water partition coefficient (Wildman–Crippen LogP) is 3.70. The Morgan fingerprint density at radius 1 is 1.27 bits per heavy atom. The SMILES string of the molecule is CC(C)c1ccc(N[C@H]2CCCN(CC(C)(C)CO)C2)cc1. The lowest BCUT2D eigenvalue weighted by Crippen LogP contribution is -2.46. The van der Waals surface area contributed by atoms with Gasteiger partial charge in [0.15, 0.2) is 0 Å². The molecule has 0 amide bonds. The number of nitrogens with one attached hydrogen (secondary N) is 1. The number of likely N-dealkylation sites (tertiary alicyclic amines) is 1. The van der Waals surface area contributed by atoms with Crippen molar-refractivity contribution < 1.29 is 5.11 Å². The third kappa shape index (κ3) is 4.99. The first kappa shape index (κ1) is 17.3. The molecule has 3 heteroatoms. The summed E-state index contributed by atoms with van der Waals surface area (Å²) in [5.41, 5.74) is 2.60. The van der Waals surface area contributed by atoms with Gasteiger partial charge in [-0.2, -0.15) is 0 Å². The van der Waals surface area contributed by atoms with Crippen LogP contribution in [0.3, 0.4) is 0 Å². The Morgan fingerprint density at radius 3 is 2.55 bits per heavy atom. The molecular weight excluding hydrogens is 272 g/mol. The van der Waals surface area contributed by atoms with Gasteiger partial charge in [-0.15, -0.1) is 0 Å². The van der Waals surface area contributed by atoms with Crippen LogP contribution < -0.4 is 5.32 Å². The molecule has 0 radical (unpaired) electrons. The first-order chi connectivity index (χ1) is 10.4. The quantitative estimate of drug-likeness (QED) is 0.841. The lowest BCUT2D eigenvalue weighted by molar-refractivity contribution is 0.0894. The monoisotopic (exact) mass is 304 g/mol. The summed E-state index contributed by atoms with van der Waals surface area (Å²) in [5, 5.41) is 13.1. The molecule has 0 saturated carbocycles. The van der Waals surface area contributed by atoms with E-state index in [2.05, 4.69) is 62.2 Å². The Balaban J connectivity index is 1.90. The van der Waals surface area contributed by atoms with Crippen molar-refractivity contribution in [2.75, 3.05) is 31.6 Å². The fraction of sp³-hybridized carbons (Fsp3) is 0.684. The van der Waals surface area contributed by atoms with E-state index in [0.29, 0.717) is 12.0 Å². The summed E-state index contributed by atoms with van der Waals surface area (Å²) in [6, 6.07) is 9.36. The number of anilines is 1. The summed E-state index contributed by atoms with van der Waals surface area (Å²) in [7, 11) is 0. The van der Waals surface area contributed by atoms with E-state index >= 15 is 0 Å². The van der Waals surface area contributed by atoms with Crippen LogP contribution in [0, 0.1) is 5.41 Å². The average molecular weight is 304 g/mol. The number of benzene rings is 1. The fourth-order valence-corrected chi connectivity index (χ4v) is 3.17. The topological polar surface area (TPSA) is 35.5 Å². The standard InChI is InChI=1S/C19H32N2O/c1-15(2)16-7-9-17(10-8-16)20-18-6-5-11-21(12-18)13-19(3,4)14-22/h7-10,15,18,20,22H,5-6,11-14H2,1-4H3/t18-/m0/s1. The molecule has 1 heterocycles. The van der Waals surface area contributed by atoms with E-state index in [1.807, 2.05) is 0 Å². The summed E-state index contributed by atoms with van der Waals surface area (Å²) < 4.78 is 0. The van der Waals surface area contributed by atoms with Crippen LogP contribution in [-0.4, -0.2) is 42.3 Å². The Kier molecular flexibility index (Phi) is 5.87. The highest BCUT2D eigenvalue weighted by Gasteiger charge is 2.25.